The van der Waals surface area contributed by atoms with Gasteiger partial charge in [-0.3, -0.25) is 9.62 Å². The van der Waals surface area contributed by atoms with E-state index in [0.29, 0.717) is 18.0 Å². The molecule has 1 aliphatic rings. The number of halogens is 1. The van der Waals surface area contributed by atoms with Crippen LogP contribution in [0.5, 0.6) is 0 Å². The second-order valence-corrected chi connectivity index (χ2v) is 7.68. The van der Waals surface area contributed by atoms with Crippen LogP contribution >= 0.6 is 11.6 Å². The van der Waals surface area contributed by atoms with Gasteiger partial charge in [-0.25, -0.2) is 8.42 Å². The second-order valence-electron chi connectivity index (χ2n) is 5.46. The van der Waals surface area contributed by atoms with Crippen LogP contribution in [0.25, 0.3) is 0 Å². The molecule has 0 amide bonds. The van der Waals surface area contributed by atoms with Gasteiger partial charge in [-0.1, -0.05) is 18.2 Å². The summed E-state index contributed by atoms with van der Waals surface area (Å²) < 4.78 is 26.9. The number of para-hydroxylation sites is 1. The van der Waals surface area contributed by atoms with Gasteiger partial charge in [0.2, 0.25) is 10.0 Å². The van der Waals surface area contributed by atoms with Crippen molar-refractivity contribution in [2.24, 2.45) is 0 Å². The van der Waals surface area contributed by atoms with Gasteiger partial charge in [-0.2, -0.15) is 0 Å². The molecule has 6 heteroatoms. The highest BCUT2D eigenvalue weighted by Gasteiger charge is 2.16. The van der Waals surface area contributed by atoms with Gasteiger partial charge in [0.25, 0.3) is 0 Å². The fourth-order valence-corrected chi connectivity index (χ4v) is 3.95. The van der Waals surface area contributed by atoms with Gasteiger partial charge in [-0.05, 0) is 50.4 Å². The predicted molar refractivity (Wildman–Crippen MR) is 88.3 cm³/mol. The van der Waals surface area contributed by atoms with Gasteiger partial charge in [0.15, 0.2) is 0 Å². The summed E-state index contributed by atoms with van der Waals surface area (Å²) in [7, 11) is -3.29. The molecule has 1 aromatic carbocycles. The number of nitrogens with one attached hydrogen (secondary N) is 1. The average molecular weight is 331 g/mol. The first-order valence-electron chi connectivity index (χ1n) is 7.47. The molecule has 1 aliphatic heterocycles. The summed E-state index contributed by atoms with van der Waals surface area (Å²) in [6.07, 6.45) is 3.77. The van der Waals surface area contributed by atoms with E-state index < -0.39 is 10.0 Å². The van der Waals surface area contributed by atoms with E-state index in [1.165, 1.54) is 12.8 Å². The van der Waals surface area contributed by atoms with Crippen molar-refractivity contribution in [1.82, 2.24) is 4.90 Å². The van der Waals surface area contributed by atoms with Gasteiger partial charge >= 0.3 is 0 Å². The second kappa shape index (κ2) is 8.01. The average Bonchev–Trinajstić information content (AvgIpc) is 2.94. The van der Waals surface area contributed by atoms with Crippen LogP contribution in [0.2, 0.25) is 0 Å². The molecule has 21 heavy (non-hydrogen) atoms. The highest BCUT2D eigenvalue weighted by atomic mass is 35.5. The highest BCUT2D eigenvalue weighted by Crippen LogP contribution is 2.21. The SMILES string of the molecule is O=S(=O)(CCCCCl)Nc1ccccc1CN1CCCC1. The van der Waals surface area contributed by atoms with E-state index in [1.54, 1.807) is 0 Å². The van der Waals surface area contributed by atoms with Crippen molar-refractivity contribution in [2.75, 3.05) is 29.4 Å². The van der Waals surface area contributed by atoms with Crippen molar-refractivity contribution in [1.29, 1.82) is 0 Å². The first-order chi connectivity index (χ1) is 10.1. The minimum absolute atomic E-state index is 0.123. The number of hydrogen-bond donors (Lipinski definition) is 1. The molecule has 0 aliphatic carbocycles. The van der Waals surface area contributed by atoms with Crippen molar-refractivity contribution >= 4 is 27.3 Å². The molecule has 0 bridgehead atoms. The lowest BCUT2D eigenvalue weighted by molar-refractivity contribution is 0.332. The fraction of sp³-hybridized carbons (Fsp3) is 0.600. The third-order valence-corrected chi connectivity index (χ3v) is 5.30. The number of anilines is 1. The van der Waals surface area contributed by atoms with Gasteiger partial charge in [-0.15, -0.1) is 11.6 Å². The molecule has 1 heterocycles. The highest BCUT2D eigenvalue weighted by molar-refractivity contribution is 7.92. The van der Waals surface area contributed by atoms with Crippen LogP contribution in [-0.2, 0) is 16.6 Å². The van der Waals surface area contributed by atoms with E-state index in [1.807, 2.05) is 24.3 Å². The standard InChI is InChI=1S/C15H23ClN2O2S/c16-9-3-6-12-21(19,20)17-15-8-2-1-7-14(15)13-18-10-4-5-11-18/h1-2,7-8,17H,3-6,9-13H2. The Balaban J connectivity index is 2.01. The molecule has 0 unspecified atom stereocenters. The summed E-state index contributed by atoms with van der Waals surface area (Å²) >= 11 is 5.59. The lowest BCUT2D eigenvalue weighted by atomic mass is 10.2. The third kappa shape index (κ3) is 5.49. The number of likely N-dealkylation sites (tertiary alicyclic amines) is 1. The number of alkyl halides is 1. The van der Waals surface area contributed by atoms with Crippen molar-refractivity contribution in [2.45, 2.75) is 32.2 Å². The van der Waals surface area contributed by atoms with Crippen LogP contribution in [0.15, 0.2) is 24.3 Å². The lowest BCUT2D eigenvalue weighted by Crippen LogP contribution is -2.21. The van der Waals surface area contributed by atoms with Crippen LogP contribution in [0.1, 0.15) is 31.2 Å². The van der Waals surface area contributed by atoms with Gasteiger partial charge < -0.3 is 0 Å². The maximum atomic E-state index is 12.1. The van der Waals surface area contributed by atoms with Crippen LogP contribution < -0.4 is 4.72 Å². The molecule has 1 N–H and O–H groups in total. The number of hydrogen-bond acceptors (Lipinski definition) is 3. The molecule has 0 aromatic heterocycles. The maximum Gasteiger partial charge on any atom is 0.232 e. The molecule has 1 aromatic rings. The minimum atomic E-state index is -3.29. The van der Waals surface area contributed by atoms with Crippen molar-refractivity contribution in [3.8, 4) is 0 Å². The van der Waals surface area contributed by atoms with Crippen molar-refractivity contribution in [3.63, 3.8) is 0 Å². The summed E-state index contributed by atoms with van der Waals surface area (Å²) in [5, 5.41) is 0. The normalized spacial score (nSPS) is 16.2. The Morgan fingerprint density at radius 3 is 2.57 bits per heavy atom. The molecular weight excluding hydrogens is 308 g/mol. The van der Waals surface area contributed by atoms with E-state index in [2.05, 4.69) is 9.62 Å². The topological polar surface area (TPSA) is 49.4 Å². The smallest absolute Gasteiger partial charge is 0.232 e. The van der Waals surface area contributed by atoms with Crippen molar-refractivity contribution < 1.29 is 8.42 Å². The summed E-state index contributed by atoms with van der Waals surface area (Å²) in [5.41, 5.74) is 1.75. The van der Waals surface area contributed by atoms with E-state index in [4.69, 9.17) is 11.6 Å². The quantitative estimate of drug-likeness (QED) is 0.588. The van der Waals surface area contributed by atoms with E-state index in [9.17, 15) is 8.42 Å². The number of rotatable bonds is 8. The van der Waals surface area contributed by atoms with E-state index >= 15 is 0 Å². The monoisotopic (exact) mass is 330 g/mol. The number of sulfonamides is 1. The lowest BCUT2D eigenvalue weighted by Gasteiger charge is -2.18. The largest absolute Gasteiger partial charge is 0.299 e. The zero-order chi connectivity index (χ0) is 15.1. The van der Waals surface area contributed by atoms with Crippen LogP contribution in [-0.4, -0.2) is 38.0 Å². The molecule has 0 saturated carbocycles. The molecule has 1 saturated heterocycles. The molecule has 0 spiro atoms. The number of nitrogens with zero attached hydrogens (tertiary/aromatic N) is 1. The summed E-state index contributed by atoms with van der Waals surface area (Å²) in [6, 6.07) is 7.65. The third-order valence-electron chi connectivity index (χ3n) is 3.67. The van der Waals surface area contributed by atoms with Crippen LogP contribution in [0, 0.1) is 0 Å². The van der Waals surface area contributed by atoms with E-state index in [0.717, 1.165) is 31.6 Å². The number of unbranched alkanes of at least 4 members (excludes halogenated alkanes) is 1. The maximum absolute atomic E-state index is 12.1. The Labute approximate surface area is 132 Å². The molecule has 0 radical (unpaired) electrons. The molecular formula is C15H23ClN2O2S. The first kappa shape index (κ1) is 16.6. The first-order valence-corrected chi connectivity index (χ1v) is 9.66. The Morgan fingerprint density at radius 2 is 1.86 bits per heavy atom. The van der Waals surface area contributed by atoms with Gasteiger partial charge in [0.05, 0.1) is 11.4 Å². The predicted octanol–water partition coefficient (Wildman–Crippen LogP) is 3.04. The van der Waals surface area contributed by atoms with Gasteiger partial charge in [0.1, 0.15) is 0 Å². The minimum Gasteiger partial charge on any atom is -0.299 e. The van der Waals surface area contributed by atoms with Gasteiger partial charge in [0, 0.05) is 12.4 Å². The summed E-state index contributed by atoms with van der Waals surface area (Å²) in [5.74, 6) is 0.624. The Kier molecular flexibility index (Phi) is 6.33. The molecule has 1 fully saturated rings. The summed E-state index contributed by atoms with van der Waals surface area (Å²) in [4.78, 5) is 2.36. The fourth-order valence-electron chi connectivity index (χ4n) is 2.54. The molecule has 118 valence electrons. The number of benzene rings is 1. The Bertz CT molecular complexity index is 542. The zero-order valence-corrected chi connectivity index (χ0v) is 13.8. The van der Waals surface area contributed by atoms with Crippen LogP contribution in [0.3, 0.4) is 0 Å². The molecule has 0 atom stereocenters. The van der Waals surface area contributed by atoms with Crippen molar-refractivity contribution in [3.05, 3.63) is 29.8 Å². The zero-order valence-electron chi connectivity index (χ0n) is 12.2. The molecule has 4 nitrogen and oxygen atoms in total. The van der Waals surface area contributed by atoms with Crippen LogP contribution in [0.4, 0.5) is 5.69 Å². The Morgan fingerprint density at radius 1 is 1.14 bits per heavy atom. The molecule has 2 rings (SSSR count). The Hall–Kier alpha value is -0.780. The summed E-state index contributed by atoms with van der Waals surface area (Å²) in [6.45, 7) is 2.99. The van der Waals surface area contributed by atoms with E-state index in [-0.39, 0.29) is 5.75 Å².